The minimum atomic E-state index is -0.872. The summed E-state index contributed by atoms with van der Waals surface area (Å²) in [5.74, 6) is -1.60. The molecule has 1 amide bonds. The van der Waals surface area contributed by atoms with Crippen LogP contribution >= 0.6 is 0 Å². The first kappa shape index (κ1) is 12.7. The Kier molecular flexibility index (Phi) is 3.17. The summed E-state index contributed by atoms with van der Waals surface area (Å²) < 4.78 is 12.8. The molecule has 1 heterocycles. The molecule has 1 aromatic rings. The molecule has 1 N–H and O–H groups in total. The van der Waals surface area contributed by atoms with Gasteiger partial charge in [-0.15, -0.1) is 0 Å². The Morgan fingerprint density at radius 2 is 1.94 bits per heavy atom. The molecule has 0 spiro atoms. The number of hydrogen-bond donors (Lipinski definition) is 1. The summed E-state index contributed by atoms with van der Waals surface area (Å²) in [5, 5.41) is 9.51. The van der Waals surface area contributed by atoms with Crippen LogP contribution in [0.15, 0.2) is 24.3 Å². The van der Waals surface area contributed by atoms with Crippen molar-refractivity contribution in [2.24, 2.45) is 5.92 Å². The van der Waals surface area contributed by atoms with Gasteiger partial charge in [-0.25, -0.2) is 4.39 Å². The summed E-state index contributed by atoms with van der Waals surface area (Å²) in [6, 6.07) is 4.69. The van der Waals surface area contributed by atoms with Gasteiger partial charge in [-0.3, -0.25) is 9.59 Å². The molecule has 1 aromatic carbocycles. The molecule has 2 rings (SSSR count). The third-order valence-corrected chi connectivity index (χ3v) is 3.18. The number of carbonyl (C=O) groups excluding carboxylic acids is 2. The first-order valence-corrected chi connectivity index (χ1v) is 5.70. The summed E-state index contributed by atoms with van der Waals surface area (Å²) in [7, 11) is 0. The van der Waals surface area contributed by atoms with E-state index >= 15 is 0 Å². The van der Waals surface area contributed by atoms with E-state index in [-0.39, 0.29) is 11.7 Å². The molecule has 0 saturated carbocycles. The summed E-state index contributed by atoms with van der Waals surface area (Å²) in [4.78, 5) is 24.8. The molecule has 18 heavy (non-hydrogen) atoms. The predicted octanol–water partition coefficient (Wildman–Crippen LogP) is 1.13. The van der Waals surface area contributed by atoms with Crippen molar-refractivity contribution in [3.8, 4) is 0 Å². The zero-order chi connectivity index (χ0) is 13.4. The number of hydrogen-bond acceptors (Lipinski definition) is 3. The van der Waals surface area contributed by atoms with Crippen molar-refractivity contribution in [2.45, 2.75) is 26.0 Å². The Bertz CT molecular complexity index is 484. The van der Waals surface area contributed by atoms with Crippen LogP contribution in [0.1, 0.15) is 13.8 Å². The first-order valence-electron chi connectivity index (χ1n) is 5.70. The molecular weight excluding hydrogens is 237 g/mol. The number of amides is 1. The SMILES string of the molecule is CC(=O)[C@@H]1[C@@H]([C@@H](C)O)C(=O)N1c1ccc(F)cc1. The van der Waals surface area contributed by atoms with Gasteiger partial charge < -0.3 is 10.0 Å². The summed E-state index contributed by atoms with van der Waals surface area (Å²) in [6.45, 7) is 2.86. The van der Waals surface area contributed by atoms with Crippen molar-refractivity contribution in [3.63, 3.8) is 0 Å². The Hall–Kier alpha value is -1.75. The molecule has 96 valence electrons. The fourth-order valence-electron chi connectivity index (χ4n) is 2.31. The average Bonchev–Trinajstić information content (AvgIpc) is 2.27. The summed E-state index contributed by atoms with van der Waals surface area (Å²) in [5.41, 5.74) is 0.471. The van der Waals surface area contributed by atoms with Crippen molar-refractivity contribution >= 4 is 17.4 Å². The highest BCUT2D eigenvalue weighted by Gasteiger charge is 2.52. The predicted molar refractivity (Wildman–Crippen MR) is 63.5 cm³/mol. The molecule has 0 aliphatic carbocycles. The van der Waals surface area contributed by atoms with E-state index < -0.39 is 23.9 Å². The Morgan fingerprint density at radius 3 is 2.39 bits per heavy atom. The lowest BCUT2D eigenvalue weighted by Crippen LogP contribution is -2.67. The van der Waals surface area contributed by atoms with Crippen LogP contribution in [0.4, 0.5) is 10.1 Å². The van der Waals surface area contributed by atoms with Crippen LogP contribution in [0.2, 0.25) is 0 Å². The smallest absolute Gasteiger partial charge is 0.235 e. The number of rotatable bonds is 3. The van der Waals surface area contributed by atoms with Gasteiger partial charge in [-0.1, -0.05) is 0 Å². The highest BCUT2D eigenvalue weighted by atomic mass is 19.1. The van der Waals surface area contributed by atoms with Gasteiger partial charge in [0.2, 0.25) is 5.91 Å². The fraction of sp³-hybridized carbons (Fsp3) is 0.385. The zero-order valence-corrected chi connectivity index (χ0v) is 10.1. The molecule has 0 bridgehead atoms. The second kappa shape index (κ2) is 4.49. The molecule has 5 heteroatoms. The number of carbonyl (C=O) groups is 2. The van der Waals surface area contributed by atoms with Crippen LogP contribution in [0.5, 0.6) is 0 Å². The van der Waals surface area contributed by atoms with Crippen LogP contribution in [0.25, 0.3) is 0 Å². The van der Waals surface area contributed by atoms with Gasteiger partial charge in [0.15, 0.2) is 5.78 Å². The average molecular weight is 251 g/mol. The summed E-state index contributed by atoms with van der Waals surface area (Å²) in [6.07, 6.45) is -0.872. The number of ketones is 1. The lowest BCUT2D eigenvalue weighted by atomic mass is 9.80. The molecule has 1 fully saturated rings. The van der Waals surface area contributed by atoms with Crippen LogP contribution in [0.3, 0.4) is 0 Å². The van der Waals surface area contributed by atoms with E-state index in [1.54, 1.807) is 0 Å². The minimum Gasteiger partial charge on any atom is -0.392 e. The number of β-lactam (4-membered cyclic amide) rings is 1. The third-order valence-electron chi connectivity index (χ3n) is 3.18. The van der Waals surface area contributed by atoms with Gasteiger partial charge in [0.05, 0.1) is 12.0 Å². The zero-order valence-electron chi connectivity index (χ0n) is 10.1. The van der Waals surface area contributed by atoms with Crippen LogP contribution < -0.4 is 4.90 Å². The van der Waals surface area contributed by atoms with Crippen LogP contribution in [-0.2, 0) is 9.59 Å². The lowest BCUT2D eigenvalue weighted by Gasteiger charge is -2.46. The van der Waals surface area contributed by atoms with Crippen LogP contribution in [-0.4, -0.2) is 28.9 Å². The lowest BCUT2D eigenvalue weighted by molar-refractivity contribution is -0.141. The van der Waals surface area contributed by atoms with E-state index in [2.05, 4.69) is 0 Å². The third kappa shape index (κ3) is 1.90. The van der Waals surface area contributed by atoms with E-state index in [9.17, 15) is 19.1 Å². The monoisotopic (exact) mass is 251 g/mol. The van der Waals surface area contributed by atoms with E-state index in [0.29, 0.717) is 5.69 Å². The van der Waals surface area contributed by atoms with Crippen molar-refractivity contribution in [1.82, 2.24) is 0 Å². The molecule has 1 saturated heterocycles. The van der Waals surface area contributed by atoms with Crippen molar-refractivity contribution in [1.29, 1.82) is 0 Å². The van der Waals surface area contributed by atoms with Gasteiger partial charge in [0.1, 0.15) is 11.9 Å². The highest BCUT2D eigenvalue weighted by Crippen LogP contribution is 2.35. The molecule has 3 atom stereocenters. The maximum absolute atomic E-state index is 12.8. The van der Waals surface area contributed by atoms with Crippen molar-refractivity contribution in [3.05, 3.63) is 30.1 Å². The molecule has 1 aliphatic rings. The van der Waals surface area contributed by atoms with E-state index in [0.717, 1.165) is 0 Å². The number of anilines is 1. The number of aliphatic hydroxyl groups excluding tert-OH is 1. The number of benzene rings is 1. The van der Waals surface area contributed by atoms with Crippen molar-refractivity contribution in [2.75, 3.05) is 4.90 Å². The number of nitrogens with zero attached hydrogens (tertiary/aromatic N) is 1. The Balaban J connectivity index is 2.31. The number of halogens is 1. The molecule has 4 nitrogen and oxygen atoms in total. The van der Waals surface area contributed by atoms with Gasteiger partial charge in [0.25, 0.3) is 0 Å². The number of Topliss-reactive ketones (excluding diaryl/α,β-unsaturated/α-hetero) is 1. The highest BCUT2D eigenvalue weighted by molar-refractivity contribution is 6.12. The van der Waals surface area contributed by atoms with E-state index in [1.165, 1.54) is 43.0 Å². The normalized spacial score (nSPS) is 24.7. The van der Waals surface area contributed by atoms with E-state index in [4.69, 9.17) is 0 Å². The Morgan fingerprint density at radius 1 is 1.39 bits per heavy atom. The number of aliphatic hydroxyl groups is 1. The maximum Gasteiger partial charge on any atom is 0.235 e. The van der Waals surface area contributed by atoms with Gasteiger partial charge in [-0.2, -0.15) is 0 Å². The molecule has 0 unspecified atom stereocenters. The van der Waals surface area contributed by atoms with E-state index in [1.807, 2.05) is 0 Å². The molecular formula is C13H14FNO3. The minimum absolute atomic E-state index is 0.190. The second-order valence-electron chi connectivity index (χ2n) is 4.51. The maximum atomic E-state index is 12.8. The standard InChI is InChI=1S/C13H14FNO3/c1-7(16)11-12(8(2)17)15(13(11)18)10-5-3-9(14)4-6-10/h3-7,11-12,16H,1-2H3/t7-,11-,12-/m1/s1. The van der Waals surface area contributed by atoms with Gasteiger partial charge in [-0.05, 0) is 38.1 Å². The quantitative estimate of drug-likeness (QED) is 0.819. The first-order chi connectivity index (χ1) is 8.43. The molecule has 0 radical (unpaired) electrons. The van der Waals surface area contributed by atoms with Crippen LogP contribution in [0, 0.1) is 11.7 Å². The van der Waals surface area contributed by atoms with Gasteiger partial charge >= 0.3 is 0 Å². The topological polar surface area (TPSA) is 57.6 Å². The summed E-state index contributed by atoms with van der Waals surface area (Å²) >= 11 is 0. The van der Waals surface area contributed by atoms with Gasteiger partial charge in [0, 0.05) is 5.69 Å². The fourth-order valence-corrected chi connectivity index (χ4v) is 2.31. The second-order valence-corrected chi connectivity index (χ2v) is 4.51. The van der Waals surface area contributed by atoms with Crippen molar-refractivity contribution < 1.29 is 19.1 Å². The Labute approximate surface area is 104 Å². The largest absolute Gasteiger partial charge is 0.392 e. The molecule has 1 aliphatic heterocycles. The molecule has 0 aromatic heterocycles.